The largest absolute Gasteiger partial charge is 0.497 e. The third-order valence-electron chi connectivity index (χ3n) is 4.35. The molecule has 2 aromatic carbocycles. The van der Waals surface area contributed by atoms with Gasteiger partial charge in [0, 0.05) is 37.0 Å². The normalized spacial score (nSPS) is 16.1. The zero-order chi connectivity index (χ0) is 19.4. The molecule has 0 spiro atoms. The predicted molar refractivity (Wildman–Crippen MR) is 103 cm³/mol. The Balaban J connectivity index is 1.62. The molecule has 1 saturated heterocycles. The smallest absolute Gasteiger partial charge is 0.229 e. The maximum absolute atomic E-state index is 12.5. The lowest BCUT2D eigenvalue weighted by atomic mass is 10.1. The summed E-state index contributed by atoms with van der Waals surface area (Å²) in [5, 5.41) is 5.49. The summed E-state index contributed by atoms with van der Waals surface area (Å²) in [6.45, 7) is 1.77. The first-order chi connectivity index (χ1) is 13.0. The van der Waals surface area contributed by atoms with Crippen LogP contribution in [-0.2, 0) is 14.4 Å². The third kappa shape index (κ3) is 4.44. The van der Waals surface area contributed by atoms with Crippen molar-refractivity contribution in [1.82, 2.24) is 0 Å². The van der Waals surface area contributed by atoms with Gasteiger partial charge in [0.05, 0.1) is 13.0 Å². The van der Waals surface area contributed by atoms with E-state index in [1.165, 1.54) is 6.92 Å². The van der Waals surface area contributed by atoms with Crippen LogP contribution in [0.2, 0.25) is 0 Å². The van der Waals surface area contributed by atoms with E-state index >= 15 is 0 Å². The molecule has 140 valence electrons. The van der Waals surface area contributed by atoms with E-state index in [4.69, 9.17) is 4.74 Å². The summed E-state index contributed by atoms with van der Waals surface area (Å²) in [5.41, 5.74) is 2.02. The van der Waals surface area contributed by atoms with Gasteiger partial charge in [-0.15, -0.1) is 0 Å². The molecule has 0 bridgehead atoms. The molecule has 27 heavy (non-hydrogen) atoms. The molecule has 2 aromatic rings. The number of carbonyl (C=O) groups is 3. The van der Waals surface area contributed by atoms with Crippen LogP contribution < -0.4 is 20.3 Å². The number of rotatable bonds is 5. The summed E-state index contributed by atoms with van der Waals surface area (Å²) in [6, 6.07) is 14.0. The van der Waals surface area contributed by atoms with E-state index in [-0.39, 0.29) is 24.1 Å². The maximum Gasteiger partial charge on any atom is 0.229 e. The molecule has 1 aliphatic heterocycles. The minimum absolute atomic E-state index is 0.0821. The predicted octanol–water partition coefficient (Wildman–Crippen LogP) is 2.65. The SMILES string of the molecule is COc1ccc(N2CC(C(=O)Nc3ccc(NC(C)=O)cc3)CC2=O)cc1. The van der Waals surface area contributed by atoms with Crippen LogP contribution in [0.15, 0.2) is 48.5 Å². The summed E-state index contributed by atoms with van der Waals surface area (Å²) in [7, 11) is 1.58. The fourth-order valence-corrected chi connectivity index (χ4v) is 2.98. The van der Waals surface area contributed by atoms with Gasteiger partial charge in [-0.3, -0.25) is 14.4 Å². The first-order valence-electron chi connectivity index (χ1n) is 8.59. The van der Waals surface area contributed by atoms with E-state index in [0.717, 1.165) is 5.69 Å². The van der Waals surface area contributed by atoms with Crippen molar-refractivity contribution in [1.29, 1.82) is 0 Å². The van der Waals surface area contributed by atoms with Crippen molar-refractivity contribution in [2.75, 3.05) is 29.2 Å². The summed E-state index contributed by atoms with van der Waals surface area (Å²) in [5.74, 6) is -0.153. The van der Waals surface area contributed by atoms with Crippen LogP contribution in [0, 0.1) is 5.92 Å². The van der Waals surface area contributed by atoms with Crippen molar-refractivity contribution < 1.29 is 19.1 Å². The lowest BCUT2D eigenvalue weighted by molar-refractivity contribution is -0.122. The Morgan fingerprint density at radius 2 is 1.59 bits per heavy atom. The Labute approximate surface area is 157 Å². The van der Waals surface area contributed by atoms with Crippen LogP contribution in [0.3, 0.4) is 0 Å². The van der Waals surface area contributed by atoms with Crippen LogP contribution in [0.1, 0.15) is 13.3 Å². The number of ether oxygens (including phenoxy) is 1. The van der Waals surface area contributed by atoms with Crippen molar-refractivity contribution in [2.24, 2.45) is 5.92 Å². The fraction of sp³-hybridized carbons (Fsp3) is 0.250. The molecule has 1 unspecified atom stereocenters. The molecule has 7 heteroatoms. The highest BCUT2D eigenvalue weighted by molar-refractivity contribution is 6.03. The Morgan fingerprint density at radius 3 is 2.15 bits per heavy atom. The van der Waals surface area contributed by atoms with Crippen LogP contribution in [0.5, 0.6) is 5.75 Å². The van der Waals surface area contributed by atoms with Crippen LogP contribution in [0.25, 0.3) is 0 Å². The molecule has 7 nitrogen and oxygen atoms in total. The number of hydrogen-bond donors (Lipinski definition) is 2. The topological polar surface area (TPSA) is 87.7 Å². The Bertz CT molecular complexity index is 847. The summed E-state index contributed by atoms with van der Waals surface area (Å²) in [4.78, 5) is 37.5. The van der Waals surface area contributed by atoms with Gasteiger partial charge < -0.3 is 20.3 Å². The summed E-state index contributed by atoms with van der Waals surface area (Å²) >= 11 is 0. The average molecular weight is 367 g/mol. The van der Waals surface area contributed by atoms with Gasteiger partial charge in [0.25, 0.3) is 0 Å². The van der Waals surface area contributed by atoms with Gasteiger partial charge >= 0.3 is 0 Å². The molecular weight excluding hydrogens is 346 g/mol. The highest BCUT2D eigenvalue weighted by Gasteiger charge is 2.35. The molecular formula is C20H21N3O4. The lowest BCUT2D eigenvalue weighted by Crippen LogP contribution is -2.28. The van der Waals surface area contributed by atoms with Gasteiger partial charge in [0.1, 0.15) is 5.75 Å². The lowest BCUT2D eigenvalue weighted by Gasteiger charge is -2.17. The highest BCUT2D eigenvalue weighted by Crippen LogP contribution is 2.27. The molecule has 3 rings (SSSR count). The average Bonchev–Trinajstić information content (AvgIpc) is 3.05. The second kappa shape index (κ2) is 7.90. The number of nitrogens with zero attached hydrogens (tertiary/aromatic N) is 1. The van der Waals surface area contributed by atoms with E-state index in [2.05, 4.69) is 10.6 Å². The molecule has 0 aliphatic carbocycles. The molecule has 3 amide bonds. The number of anilines is 3. The summed E-state index contributed by atoms with van der Waals surface area (Å²) in [6.07, 6.45) is 0.168. The Hall–Kier alpha value is -3.35. The number of nitrogens with one attached hydrogen (secondary N) is 2. The van der Waals surface area contributed by atoms with Crippen molar-refractivity contribution in [3.8, 4) is 5.75 Å². The minimum atomic E-state index is -0.422. The van der Waals surface area contributed by atoms with Crippen LogP contribution in [-0.4, -0.2) is 31.4 Å². The highest BCUT2D eigenvalue weighted by atomic mass is 16.5. The molecule has 0 radical (unpaired) electrons. The monoisotopic (exact) mass is 367 g/mol. The van der Waals surface area contributed by atoms with Crippen LogP contribution in [0.4, 0.5) is 17.1 Å². The van der Waals surface area contributed by atoms with E-state index in [9.17, 15) is 14.4 Å². The third-order valence-corrected chi connectivity index (χ3v) is 4.35. The van der Waals surface area contributed by atoms with Gasteiger partial charge in [0.15, 0.2) is 0 Å². The van der Waals surface area contributed by atoms with E-state index in [0.29, 0.717) is 23.7 Å². The Kier molecular flexibility index (Phi) is 5.40. The number of carbonyl (C=O) groups excluding carboxylic acids is 3. The van der Waals surface area contributed by atoms with Gasteiger partial charge in [-0.05, 0) is 48.5 Å². The maximum atomic E-state index is 12.5. The zero-order valence-corrected chi connectivity index (χ0v) is 15.2. The number of hydrogen-bond acceptors (Lipinski definition) is 4. The second-order valence-electron chi connectivity index (χ2n) is 6.35. The van der Waals surface area contributed by atoms with E-state index in [1.807, 2.05) is 0 Å². The molecule has 1 aliphatic rings. The first-order valence-corrected chi connectivity index (χ1v) is 8.59. The van der Waals surface area contributed by atoms with Gasteiger partial charge in [-0.2, -0.15) is 0 Å². The standard InChI is InChI=1S/C20H21N3O4/c1-13(24)21-15-3-5-16(6-4-15)22-20(26)14-11-19(25)23(12-14)17-7-9-18(27-2)10-8-17/h3-10,14H,11-12H2,1-2H3,(H,21,24)(H,22,26). The van der Waals surface area contributed by atoms with Crippen molar-refractivity contribution in [3.63, 3.8) is 0 Å². The molecule has 2 N–H and O–H groups in total. The molecule has 0 aromatic heterocycles. The van der Waals surface area contributed by atoms with E-state index < -0.39 is 5.92 Å². The minimum Gasteiger partial charge on any atom is -0.497 e. The number of methoxy groups -OCH3 is 1. The van der Waals surface area contributed by atoms with E-state index in [1.54, 1.807) is 60.5 Å². The van der Waals surface area contributed by atoms with Gasteiger partial charge in [-0.25, -0.2) is 0 Å². The molecule has 0 saturated carbocycles. The van der Waals surface area contributed by atoms with Crippen molar-refractivity contribution >= 4 is 34.8 Å². The quantitative estimate of drug-likeness (QED) is 0.850. The number of benzene rings is 2. The molecule has 1 fully saturated rings. The van der Waals surface area contributed by atoms with Crippen molar-refractivity contribution in [3.05, 3.63) is 48.5 Å². The first kappa shape index (κ1) is 18.4. The fourth-order valence-electron chi connectivity index (χ4n) is 2.98. The molecule has 1 atom stereocenters. The number of amides is 3. The zero-order valence-electron chi connectivity index (χ0n) is 15.2. The Morgan fingerprint density at radius 1 is 1.00 bits per heavy atom. The van der Waals surface area contributed by atoms with Crippen LogP contribution >= 0.6 is 0 Å². The summed E-state index contributed by atoms with van der Waals surface area (Å²) < 4.78 is 5.12. The second-order valence-corrected chi connectivity index (χ2v) is 6.35. The molecule has 1 heterocycles. The van der Waals surface area contributed by atoms with Gasteiger partial charge in [-0.1, -0.05) is 0 Å². The van der Waals surface area contributed by atoms with Crippen molar-refractivity contribution in [2.45, 2.75) is 13.3 Å². The van der Waals surface area contributed by atoms with Gasteiger partial charge in [0.2, 0.25) is 17.7 Å².